The van der Waals surface area contributed by atoms with Gasteiger partial charge < -0.3 is 54.4 Å². The number of aliphatic hydroxyl groups is 2. The van der Waals surface area contributed by atoms with Crippen molar-refractivity contribution in [2.75, 3.05) is 54.6 Å². The van der Waals surface area contributed by atoms with E-state index in [2.05, 4.69) is 22.3 Å². The third kappa shape index (κ3) is 24.4. The van der Waals surface area contributed by atoms with Gasteiger partial charge in [0.2, 0.25) is 35.9 Å². The molecule has 20 heteroatoms. The average molecular weight is 1110 g/mol. The zero-order chi connectivity index (χ0) is 58.0. The van der Waals surface area contributed by atoms with E-state index in [4.69, 9.17) is 30.6 Å². The number of hydrogen-bond donors (Lipinski definition) is 4. The van der Waals surface area contributed by atoms with E-state index in [0.29, 0.717) is 56.7 Å². The van der Waals surface area contributed by atoms with E-state index >= 15 is 0 Å². The molecule has 4 rings (SSSR count). The normalized spacial score (nSPS) is 25.9. The van der Waals surface area contributed by atoms with Gasteiger partial charge in [0.1, 0.15) is 18.7 Å². The summed E-state index contributed by atoms with van der Waals surface area (Å²) in [5.41, 5.74) is 0.935. The van der Waals surface area contributed by atoms with E-state index < -0.39 is 27.6 Å². The predicted molar refractivity (Wildman–Crippen MR) is 299 cm³/mol. The SMILES string of the molecule is C=O.CCCCOC(C)(C)CCNC(=O)CCN1C(=O)CC(SC(C)(C)CCC(=O)N(C)C(C)O)C1=O.CCOC.COC1C[C@@](O)(NC=O)C/C=C/C=C(\C)CC2=CC(=C(Cl)CC2)N(C)C(=O)CCC2(C)OC2[C@@H]1C. The second-order valence-electron chi connectivity index (χ2n) is 21.3. The molecule has 3 heterocycles. The maximum atomic E-state index is 13.1. The lowest BCUT2D eigenvalue weighted by Gasteiger charge is -2.32. The molecule has 0 aromatic carbocycles. The molecule has 7 atom stereocenters. The first kappa shape index (κ1) is 70.1. The van der Waals surface area contributed by atoms with Crippen LogP contribution in [0.25, 0.3) is 0 Å². The summed E-state index contributed by atoms with van der Waals surface area (Å²) < 4.78 is 21.8. The first-order chi connectivity index (χ1) is 35.6. The van der Waals surface area contributed by atoms with E-state index in [1.54, 1.807) is 33.2 Å². The molecule has 0 aromatic heterocycles. The lowest BCUT2D eigenvalue weighted by atomic mass is 9.86. The van der Waals surface area contributed by atoms with Crippen LogP contribution >= 0.6 is 23.4 Å². The maximum absolute atomic E-state index is 13.1. The minimum Gasteiger partial charge on any atom is -0.385 e. The molecule has 3 aliphatic heterocycles. The van der Waals surface area contributed by atoms with Crippen LogP contribution in [-0.4, -0.2) is 168 Å². The number of carbonyl (C=O) groups is 7. The largest absolute Gasteiger partial charge is 0.385 e. The number of imide groups is 1. The number of nitrogens with zero attached hydrogens (tertiary/aromatic N) is 3. The van der Waals surface area contributed by atoms with Crippen LogP contribution in [-0.2, 0) is 52.5 Å². The minimum absolute atomic E-state index is 0.000239. The molecule has 2 saturated heterocycles. The van der Waals surface area contributed by atoms with Gasteiger partial charge in [-0.2, -0.15) is 0 Å². The third-order valence-electron chi connectivity index (χ3n) is 14.0. The van der Waals surface area contributed by atoms with Crippen LogP contribution in [0, 0.1) is 5.92 Å². The van der Waals surface area contributed by atoms with E-state index in [1.165, 1.54) is 34.1 Å². The van der Waals surface area contributed by atoms with Gasteiger partial charge in [0.15, 0.2) is 0 Å². The number of hydrogen-bond acceptors (Lipinski definition) is 14. The van der Waals surface area contributed by atoms with Crippen LogP contribution in [0.4, 0.5) is 0 Å². The fraction of sp³-hybridized carbons (Fsp3) is 0.732. The quantitative estimate of drug-likeness (QED) is 0.0304. The van der Waals surface area contributed by atoms with Crippen molar-refractivity contribution in [3.05, 3.63) is 46.2 Å². The number of thioether (sulfide) groups is 1. The summed E-state index contributed by atoms with van der Waals surface area (Å²) in [7, 11) is 6.61. The Bertz CT molecular complexity index is 2010. The number of carbonyl (C=O) groups excluding carboxylic acids is 7. The zero-order valence-corrected chi connectivity index (χ0v) is 49.8. The van der Waals surface area contributed by atoms with Crippen molar-refractivity contribution in [1.82, 2.24) is 25.3 Å². The Balaban J connectivity index is 0.000000688. The first-order valence-electron chi connectivity index (χ1n) is 26.6. The molecule has 6 amide bonds. The highest BCUT2D eigenvalue weighted by atomic mass is 35.5. The highest BCUT2D eigenvalue weighted by molar-refractivity contribution is 8.02. The van der Waals surface area contributed by atoms with Crippen LogP contribution in [0.15, 0.2) is 46.2 Å². The van der Waals surface area contributed by atoms with Crippen LogP contribution in [0.1, 0.15) is 159 Å². The Morgan fingerprint density at radius 3 is 2.34 bits per heavy atom. The fourth-order valence-electron chi connectivity index (χ4n) is 8.76. The number of epoxide rings is 1. The van der Waals surface area contributed by atoms with Crippen molar-refractivity contribution in [3.63, 3.8) is 0 Å². The first-order valence-corrected chi connectivity index (χ1v) is 27.8. The monoisotopic (exact) mass is 1110 g/mol. The van der Waals surface area contributed by atoms with Crippen LogP contribution in [0.5, 0.6) is 0 Å². The van der Waals surface area contributed by atoms with Crippen LogP contribution in [0.3, 0.4) is 0 Å². The Morgan fingerprint density at radius 1 is 1.09 bits per heavy atom. The van der Waals surface area contributed by atoms with Gasteiger partial charge in [-0.25, -0.2) is 0 Å². The molecule has 4 N–H and O–H groups in total. The summed E-state index contributed by atoms with van der Waals surface area (Å²) in [6.07, 6.45) is 14.4. The molecule has 4 aliphatic rings. The van der Waals surface area contributed by atoms with Crippen molar-refractivity contribution < 1.29 is 62.7 Å². The number of ether oxygens (including phenoxy) is 4. The number of amides is 6. The van der Waals surface area contributed by atoms with Gasteiger partial charge in [-0.15, -0.1) is 11.8 Å². The highest BCUT2D eigenvalue weighted by Gasteiger charge is 2.56. The number of halogens is 1. The van der Waals surface area contributed by atoms with Crippen molar-refractivity contribution in [2.24, 2.45) is 5.92 Å². The minimum atomic E-state index is -1.44. The Hall–Kier alpha value is -3.95. The molecule has 0 aromatic rings. The van der Waals surface area contributed by atoms with Crippen LogP contribution < -0.4 is 10.6 Å². The predicted octanol–water partition coefficient (Wildman–Crippen LogP) is 7.49. The van der Waals surface area contributed by atoms with Crippen molar-refractivity contribution in [2.45, 2.75) is 204 Å². The summed E-state index contributed by atoms with van der Waals surface area (Å²) in [6.45, 7) is 23.6. The molecule has 0 spiro atoms. The summed E-state index contributed by atoms with van der Waals surface area (Å²) in [6, 6.07) is 0. The number of nitrogens with one attached hydrogen (secondary N) is 2. The highest BCUT2D eigenvalue weighted by Crippen LogP contribution is 2.47. The molecule has 18 nitrogen and oxygen atoms in total. The number of unbranched alkanes of at least 4 members (excludes halogenated alkanes) is 1. The maximum Gasteiger partial charge on any atom is 0.242 e. The summed E-state index contributed by atoms with van der Waals surface area (Å²) >= 11 is 7.91. The number of allylic oxidation sites excluding steroid dienone is 6. The van der Waals surface area contributed by atoms with Gasteiger partial charge in [0.25, 0.3) is 0 Å². The van der Waals surface area contributed by atoms with E-state index in [0.717, 1.165) is 43.6 Å². The standard InChI is InChI=1S/C27H39ClN2O5.C25H45N3O6S.C3H8O.CH2O/c1-18-8-6-7-12-27(33,29-17-31)16-23(34-5)19(2)25-26(3,35-25)13-11-24(32)30(4)22-15-20(14-18)9-10-21(22)28;1-8-9-16-34-24(3,4)13-14-26-20(30)11-15-28-22(32)17-19(23(28)33)35-25(5,6)12-10-21(31)27(7)18(2)29;1-3-4-2;1-2/h6-8,15,17,19,23,25,33H,9-14,16H2,1-5H3,(H,29,31);18-19,29H,8-17H2,1-7H3,(H,26,30);3H2,1-2H3;1H2/b7-6+,18-8+;;;/t19-,23?,25?,26?,27-;;;/m1.../s1. The number of rotatable bonds is 20. The molecule has 0 radical (unpaired) electrons. The number of methoxy groups -OCH3 is 2. The lowest BCUT2D eigenvalue weighted by Crippen LogP contribution is -2.48. The van der Waals surface area contributed by atoms with Crippen molar-refractivity contribution >= 4 is 66.1 Å². The second kappa shape index (κ2) is 34.1. The molecule has 5 unspecified atom stereocenters. The summed E-state index contributed by atoms with van der Waals surface area (Å²) in [4.78, 5) is 86.1. The molecular formula is C56H94ClN5O13S. The second-order valence-corrected chi connectivity index (χ2v) is 23.7. The smallest absolute Gasteiger partial charge is 0.242 e. The molecule has 2 bridgehead atoms. The zero-order valence-electron chi connectivity index (χ0n) is 48.2. The van der Waals surface area contributed by atoms with Gasteiger partial charge in [-0.1, -0.05) is 75.1 Å². The van der Waals surface area contributed by atoms with Crippen molar-refractivity contribution in [1.29, 1.82) is 0 Å². The third-order valence-corrected chi connectivity index (χ3v) is 15.8. The lowest BCUT2D eigenvalue weighted by molar-refractivity contribution is -0.139. The number of aliphatic hydroxyl groups excluding tert-OH is 1. The Morgan fingerprint density at radius 2 is 1.75 bits per heavy atom. The summed E-state index contributed by atoms with van der Waals surface area (Å²) in [5.74, 6) is -0.977. The van der Waals surface area contributed by atoms with Gasteiger partial charge >= 0.3 is 0 Å². The van der Waals surface area contributed by atoms with Gasteiger partial charge in [0, 0.05) is 109 Å². The number of likely N-dealkylation sites (N-methyl/N-ethyl adjacent to an activating group) is 1. The van der Waals surface area contributed by atoms with Crippen molar-refractivity contribution in [3.8, 4) is 0 Å². The van der Waals surface area contributed by atoms with Gasteiger partial charge in [-0.05, 0) is 92.6 Å². The summed E-state index contributed by atoms with van der Waals surface area (Å²) in [5, 5.41) is 26.3. The molecule has 1 aliphatic carbocycles. The molecule has 0 saturated carbocycles. The molecule has 434 valence electrons. The average Bonchev–Trinajstić information content (AvgIpc) is 3.98. The number of likely N-dealkylation sites (tertiary alicyclic amines) is 1. The Kier molecular flexibility index (Phi) is 31.5. The van der Waals surface area contributed by atoms with E-state index in [9.17, 15) is 39.0 Å². The fourth-order valence-corrected chi connectivity index (χ4v) is 10.5. The molecule has 2 fully saturated rings. The Labute approximate surface area is 463 Å². The topological polar surface area (TPSA) is 234 Å². The van der Waals surface area contributed by atoms with E-state index in [1.807, 2.05) is 86.5 Å². The molecule has 76 heavy (non-hydrogen) atoms. The number of fused-ring (bicyclic) bond motifs is 2. The van der Waals surface area contributed by atoms with Crippen LogP contribution in [0.2, 0.25) is 0 Å². The van der Waals surface area contributed by atoms with Gasteiger partial charge in [-0.3, -0.25) is 33.7 Å². The van der Waals surface area contributed by atoms with E-state index in [-0.39, 0.29) is 91.9 Å². The van der Waals surface area contributed by atoms with Gasteiger partial charge in [0.05, 0.1) is 34.4 Å². The molecular weight excluding hydrogens is 1020 g/mol.